The molecule has 19 heavy (non-hydrogen) atoms. The molecule has 1 aliphatic rings. The van der Waals surface area contributed by atoms with Crippen molar-refractivity contribution < 1.29 is 9.53 Å². The van der Waals surface area contributed by atoms with Crippen LogP contribution in [0.3, 0.4) is 0 Å². The van der Waals surface area contributed by atoms with Gasteiger partial charge in [0.1, 0.15) is 5.69 Å². The predicted molar refractivity (Wildman–Crippen MR) is 70.1 cm³/mol. The Bertz CT molecular complexity index is 492. The lowest BCUT2D eigenvalue weighted by Gasteiger charge is -2.26. The van der Waals surface area contributed by atoms with Crippen LogP contribution in [0.1, 0.15) is 29.8 Å². The number of ether oxygens (including phenoxy) is 1. The summed E-state index contributed by atoms with van der Waals surface area (Å²) in [6.07, 6.45) is 3.24. The summed E-state index contributed by atoms with van der Waals surface area (Å²) in [4.78, 5) is 25.7. The van der Waals surface area contributed by atoms with E-state index >= 15 is 0 Å². The third-order valence-electron chi connectivity index (χ3n) is 3.24. The molecule has 1 aromatic heterocycles. The van der Waals surface area contributed by atoms with Crippen LogP contribution in [-0.2, 0) is 11.3 Å². The average Bonchev–Trinajstić information content (AvgIpc) is 2.46. The topological polar surface area (TPSA) is 64.4 Å². The Morgan fingerprint density at radius 2 is 2.05 bits per heavy atom. The summed E-state index contributed by atoms with van der Waals surface area (Å²) in [5, 5.41) is 4.12. The Labute approximate surface area is 112 Å². The van der Waals surface area contributed by atoms with Crippen LogP contribution in [0.4, 0.5) is 0 Å². The summed E-state index contributed by atoms with van der Waals surface area (Å²) < 4.78 is 6.20. The molecule has 2 heterocycles. The van der Waals surface area contributed by atoms with Gasteiger partial charge in [-0.15, -0.1) is 0 Å². The first-order valence-corrected chi connectivity index (χ1v) is 6.59. The Kier molecular flexibility index (Phi) is 4.68. The van der Waals surface area contributed by atoms with E-state index in [1.807, 2.05) is 0 Å². The van der Waals surface area contributed by atoms with E-state index in [2.05, 4.69) is 5.10 Å². The van der Waals surface area contributed by atoms with Crippen LogP contribution in [-0.4, -0.2) is 47.4 Å². The summed E-state index contributed by atoms with van der Waals surface area (Å²) in [6, 6.07) is 2.89. The highest BCUT2D eigenvalue weighted by molar-refractivity contribution is 5.92. The molecular weight excluding hydrogens is 246 g/mol. The van der Waals surface area contributed by atoms with Crippen molar-refractivity contribution in [2.75, 3.05) is 26.8 Å². The van der Waals surface area contributed by atoms with Gasteiger partial charge in [-0.2, -0.15) is 5.10 Å². The molecule has 6 nitrogen and oxygen atoms in total. The van der Waals surface area contributed by atoms with Crippen LogP contribution in [0.5, 0.6) is 0 Å². The summed E-state index contributed by atoms with van der Waals surface area (Å²) >= 11 is 0. The van der Waals surface area contributed by atoms with Gasteiger partial charge in [-0.3, -0.25) is 9.59 Å². The molecule has 2 rings (SSSR count). The van der Waals surface area contributed by atoms with Crippen molar-refractivity contribution in [3.8, 4) is 0 Å². The summed E-state index contributed by atoms with van der Waals surface area (Å²) in [5.41, 5.74) is 0.116. The Balaban J connectivity index is 2.14. The highest BCUT2D eigenvalue weighted by Gasteiger charge is 2.19. The number of nitrogens with zero attached hydrogens (tertiary/aromatic N) is 3. The maximum Gasteiger partial charge on any atom is 0.274 e. The summed E-state index contributed by atoms with van der Waals surface area (Å²) in [6.45, 7) is 2.31. The van der Waals surface area contributed by atoms with E-state index in [9.17, 15) is 9.59 Å². The molecule has 0 aromatic carbocycles. The van der Waals surface area contributed by atoms with Crippen molar-refractivity contribution in [1.29, 1.82) is 0 Å². The molecule has 0 aliphatic carbocycles. The molecule has 0 saturated carbocycles. The van der Waals surface area contributed by atoms with Crippen LogP contribution in [0, 0.1) is 0 Å². The number of piperidine rings is 1. The third-order valence-corrected chi connectivity index (χ3v) is 3.24. The van der Waals surface area contributed by atoms with E-state index in [4.69, 9.17) is 4.74 Å². The fourth-order valence-electron chi connectivity index (χ4n) is 2.16. The first kappa shape index (κ1) is 13.7. The molecule has 1 aliphatic heterocycles. The number of amides is 1. The Morgan fingerprint density at radius 3 is 2.74 bits per heavy atom. The summed E-state index contributed by atoms with van der Waals surface area (Å²) in [7, 11) is 1.56. The lowest BCUT2D eigenvalue weighted by atomic mass is 10.1. The number of rotatable bonds is 4. The zero-order valence-electron chi connectivity index (χ0n) is 11.2. The highest BCUT2D eigenvalue weighted by atomic mass is 16.5. The van der Waals surface area contributed by atoms with Crippen LogP contribution in [0.15, 0.2) is 16.9 Å². The van der Waals surface area contributed by atoms with Gasteiger partial charge in [-0.25, -0.2) is 4.68 Å². The largest absolute Gasteiger partial charge is 0.383 e. The number of carbonyl (C=O) groups is 1. The quantitative estimate of drug-likeness (QED) is 0.796. The molecule has 1 saturated heterocycles. The predicted octanol–water partition coefficient (Wildman–Crippen LogP) is 0.516. The van der Waals surface area contributed by atoms with Gasteiger partial charge in [0, 0.05) is 26.3 Å². The minimum absolute atomic E-state index is 0.0918. The minimum Gasteiger partial charge on any atom is -0.383 e. The van der Waals surface area contributed by atoms with Crippen molar-refractivity contribution >= 4 is 5.91 Å². The second-order valence-electron chi connectivity index (χ2n) is 4.63. The number of carbonyl (C=O) groups excluding carboxylic acids is 1. The van der Waals surface area contributed by atoms with Gasteiger partial charge in [0.15, 0.2) is 0 Å². The van der Waals surface area contributed by atoms with Crippen LogP contribution < -0.4 is 5.56 Å². The van der Waals surface area contributed by atoms with Gasteiger partial charge < -0.3 is 9.64 Å². The maximum atomic E-state index is 12.3. The van der Waals surface area contributed by atoms with Crippen LogP contribution in [0.2, 0.25) is 0 Å². The van der Waals surface area contributed by atoms with Crippen molar-refractivity contribution in [3.05, 3.63) is 28.2 Å². The number of methoxy groups -OCH3 is 1. The van der Waals surface area contributed by atoms with Crippen LogP contribution in [0.25, 0.3) is 0 Å². The van der Waals surface area contributed by atoms with Gasteiger partial charge in [0.25, 0.3) is 11.5 Å². The molecule has 0 N–H and O–H groups in total. The molecule has 0 radical (unpaired) electrons. The van der Waals surface area contributed by atoms with E-state index < -0.39 is 0 Å². The second-order valence-corrected chi connectivity index (χ2v) is 4.63. The second kappa shape index (κ2) is 6.47. The lowest BCUT2D eigenvalue weighted by molar-refractivity contribution is 0.0714. The first-order chi connectivity index (χ1) is 9.22. The van der Waals surface area contributed by atoms with E-state index in [1.165, 1.54) is 23.2 Å². The molecule has 1 amide bonds. The molecule has 0 unspecified atom stereocenters. The van der Waals surface area contributed by atoms with Crippen LogP contribution >= 0.6 is 0 Å². The zero-order valence-corrected chi connectivity index (χ0v) is 11.2. The Morgan fingerprint density at radius 1 is 1.32 bits per heavy atom. The van der Waals surface area contributed by atoms with Gasteiger partial charge in [-0.1, -0.05) is 0 Å². The van der Waals surface area contributed by atoms with Gasteiger partial charge >= 0.3 is 0 Å². The number of hydrogen-bond acceptors (Lipinski definition) is 4. The van der Waals surface area contributed by atoms with Crippen molar-refractivity contribution in [2.45, 2.75) is 25.8 Å². The van der Waals surface area contributed by atoms with Gasteiger partial charge in [-0.05, 0) is 25.3 Å². The smallest absolute Gasteiger partial charge is 0.274 e. The SMILES string of the molecule is COCCn1nc(C(=O)N2CCCCC2)ccc1=O. The number of aromatic nitrogens is 2. The van der Waals surface area contributed by atoms with Gasteiger partial charge in [0.05, 0.1) is 13.2 Å². The molecule has 104 valence electrons. The molecule has 0 atom stereocenters. The molecule has 0 spiro atoms. The van der Waals surface area contributed by atoms with Gasteiger partial charge in [0.2, 0.25) is 0 Å². The molecule has 0 bridgehead atoms. The van der Waals surface area contributed by atoms with E-state index in [-0.39, 0.29) is 11.5 Å². The monoisotopic (exact) mass is 265 g/mol. The van der Waals surface area contributed by atoms with Crippen molar-refractivity contribution in [1.82, 2.24) is 14.7 Å². The molecular formula is C13H19N3O3. The normalized spacial score (nSPS) is 15.5. The number of hydrogen-bond donors (Lipinski definition) is 0. The summed E-state index contributed by atoms with van der Waals surface area (Å²) in [5.74, 6) is -0.0918. The zero-order chi connectivity index (χ0) is 13.7. The standard InChI is InChI=1S/C13H19N3O3/c1-19-10-9-16-12(17)6-5-11(14-16)13(18)15-7-3-2-4-8-15/h5-6H,2-4,7-10H2,1H3. The average molecular weight is 265 g/mol. The lowest BCUT2D eigenvalue weighted by Crippen LogP contribution is -2.37. The Hall–Kier alpha value is -1.69. The fraction of sp³-hybridized carbons (Fsp3) is 0.615. The number of likely N-dealkylation sites (tertiary alicyclic amines) is 1. The fourth-order valence-corrected chi connectivity index (χ4v) is 2.16. The van der Waals surface area contributed by atoms with E-state index in [1.54, 1.807) is 12.0 Å². The van der Waals surface area contributed by atoms with E-state index in [0.717, 1.165) is 25.9 Å². The molecule has 1 fully saturated rings. The molecule has 6 heteroatoms. The van der Waals surface area contributed by atoms with E-state index in [0.29, 0.717) is 18.8 Å². The third kappa shape index (κ3) is 3.41. The van der Waals surface area contributed by atoms with Crippen molar-refractivity contribution in [2.24, 2.45) is 0 Å². The first-order valence-electron chi connectivity index (χ1n) is 6.59. The van der Waals surface area contributed by atoms with Crippen molar-refractivity contribution in [3.63, 3.8) is 0 Å². The highest BCUT2D eigenvalue weighted by Crippen LogP contribution is 2.11. The minimum atomic E-state index is -0.216. The molecule has 1 aromatic rings. The maximum absolute atomic E-state index is 12.3.